The largest absolute Gasteiger partial charge is 0.330 e. The summed E-state index contributed by atoms with van der Waals surface area (Å²) in [6.07, 6.45) is -0.574. The van der Waals surface area contributed by atoms with Crippen LogP contribution in [0.2, 0.25) is 0 Å². The van der Waals surface area contributed by atoms with E-state index in [0.29, 0.717) is 4.90 Å². The normalized spacial score (nSPS) is 22.5. The van der Waals surface area contributed by atoms with E-state index in [1.54, 1.807) is 5.32 Å². The average Bonchev–Trinajstić information content (AvgIpc) is 2.89. The number of nitrogens with zero attached hydrogens (tertiary/aromatic N) is 2. The first-order chi connectivity index (χ1) is 12.5. The third kappa shape index (κ3) is 2.00. The molecule has 142 valence electrons. The lowest BCUT2D eigenvalue weighted by Gasteiger charge is -2.41. The maximum Gasteiger partial charge on any atom is 0.330 e. The summed E-state index contributed by atoms with van der Waals surface area (Å²) in [6.45, 7) is 1.19. The second kappa shape index (κ2) is 5.59. The highest BCUT2D eigenvalue weighted by atomic mass is 19.2. The minimum atomic E-state index is -2.67. The van der Waals surface area contributed by atoms with E-state index >= 15 is 0 Å². The number of halogens is 4. The van der Waals surface area contributed by atoms with Gasteiger partial charge in [0.2, 0.25) is 5.54 Å². The topological polar surface area (TPSA) is 104 Å². The number of hydrogen-bond acceptors (Lipinski definition) is 5. The van der Waals surface area contributed by atoms with Crippen LogP contribution in [-0.2, 0) is 9.59 Å². The number of fused-ring (bicyclic) bond motifs is 1. The van der Waals surface area contributed by atoms with E-state index < -0.39 is 76.0 Å². The zero-order valence-electron chi connectivity index (χ0n) is 13.7. The van der Waals surface area contributed by atoms with Crippen LogP contribution in [0, 0.1) is 23.3 Å². The van der Waals surface area contributed by atoms with Crippen LogP contribution in [0.15, 0.2) is 0 Å². The van der Waals surface area contributed by atoms with Gasteiger partial charge in [0.15, 0.2) is 23.3 Å². The number of carbonyl (C=O) groups is 5. The van der Waals surface area contributed by atoms with E-state index in [9.17, 15) is 41.5 Å². The Hall–Kier alpha value is -3.31. The first-order valence-corrected chi connectivity index (χ1v) is 7.40. The summed E-state index contributed by atoms with van der Waals surface area (Å²) in [7, 11) is 0.938. The molecule has 12 heteroatoms. The maximum absolute atomic E-state index is 14.0. The third-order valence-electron chi connectivity index (χ3n) is 4.55. The van der Waals surface area contributed by atoms with E-state index in [0.717, 1.165) is 7.05 Å². The van der Waals surface area contributed by atoms with Gasteiger partial charge in [0.1, 0.15) is 0 Å². The zero-order chi connectivity index (χ0) is 20.4. The predicted molar refractivity (Wildman–Crippen MR) is 76.1 cm³/mol. The molecule has 1 aromatic rings. The first kappa shape index (κ1) is 18.5. The first-order valence-electron chi connectivity index (χ1n) is 7.40. The second-order valence-corrected chi connectivity index (χ2v) is 5.79. The fraction of sp³-hybridized carbons (Fsp3) is 0.267. The molecule has 2 aliphatic heterocycles. The molecule has 0 aliphatic carbocycles. The Kier molecular flexibility index (Phi) is 3.83. The molecule has 27 heavy (non-hydrogen) atoms. The van der Waals surface area contributed by atoms with Gasteiger partial charge in [-0.05, 0) is 6.42 Å². The molecule has 1 N–H and O–H groups in total. The molecule has 1 atom stereocenters. The van der Waals surface area contributed by atoms with Gasteiger partial charge in [-0.2, -0.15) is 0 Å². The predicted octanol–water partition coefficient (Wildman–Crippen LogP) is 0.696. The molecule has 0 spiro atoms. The molecule has 0 bridgehead atoms. The fourth-order valence-electron chi connectivity index (χ4n) is 3.11. The van der Waals surface area contributed by atoms with E-state index in [1.807, 2.05) is 0 Å². The molecule has 1 fully saturated rings. The summed E-state index contributed by atoms with van der Waals surface area (Å²) >= 11 is 0. The van der Waals surface area contributed by atoms with Crippen molar-refractivity contribution >= 4 is 29.7 Å². The van der Waals surface area contributed by atoms with Crippen molar-refractivity contribution < 1.29 is 41.5 Å². The molecule has 3 rings (SSSR count). The third-order valence-corrected chi connectivity index (χ3v) is 4.55. The van der Waals surface area contributed by atoms with Crippen LogP contribution in [0.4, 0.5) is 22.4 Å². The number of barbiturate groups is 1. The van der Waals surface area contributed by atoms with Crippen LogP contribution in [-0.4, -0.2) is 52.0 Å². The highest BCUT2D eigenvalue weighted by Crippen LogP contribution is 2.38. The van der Waals surface area contributed by atoms with E-state index in [2.05, 4.69) is 0 Å². The van der Waals surface area contributed by atoms with Crippen LogP contribution < -0.4 is 5.32 Å². The van der Waals surface area contributed by atoms with Gasteiger partial charge in [-0.3, -0.25) is 29.4 Å². The van der Waals surface area contributed by atoms with Gasteiger partial charge in [-0.1, -0.05) is 6.92 Å². The lowest BCUT2D eigenvalue weighted by Crippen LogP contribution is -2.74. The Morgan fingerprint density at radius 1 is 0.852 bits per heavy atom. The van der Waals surface area contributed by atoms with Crippen molar-refractivity contribution in [3.63, 3.8) is 0 Å². The summed E-state index contributed by atoms with van der Waals surface area (Å²) in [5, 5.41) is 1.74. The minimum Gasteiger partial charge on any atom is -0.275 e. The van der Waals surface area contributed by atoms with Crippen molar-refractivity contribution in [2.24, 2.45) is 0 Å². The molecule has 1 saturated heterocycles. The van der Waals surface area contributed by atoms with Crippen molar-refractivity contribution in [3.05, 3.63) is 34.4 Å². The number of amides is 6. The van der Waals surface area contributed by atoms with E-state index in [-0.39, 0.29) is 4.90 Å². The number of likely N-dealkylation sites (N-methyl/N-ethyl adjacent to an activating group) is 1. The Balaban J connectivity index is 2.28. The van der Waals surface area contributed by atoms with Gasteiger partial charge < -0.3 is 0 Å². The quantitative estimate of drug-likeness (QED) is 0.265. The van der Waals surface area contributed by atoms with E-state index in [4.69, 9.17) is 0 Å². The number of carbonyl (C=O) groups excluding carboxylic acids is 5. The number of nitrogens with one attached hydrogen (secondary N) is 1. The highest BCUT2D eigenvalue weighted by molar-refractivity contribution is 6.31. The minimum absolute atomic E-state index is 0.0800. The van der Waals surface area contributed by atoms with Crippen LogP contribution >= 0.6 is 0 Å². The van der Waals surface area contributed by atoms with Gasteiger partial charge in [0.05, 0.1) is 11.1 Å². The highest BCUT2D eigenvalue weighted by Gasteiger charge is 2.63. The van der Waals surface area contributed by atoms with E-state index in [1.165, 1.54) is 6.92 Å². The number of rotatable bonds is 2. The van der Waals surface area contributed by atoms with Gasteiger partial charge in [-0.15, -0.1) is 0 Å². The molecule has 1 unspecified atom stereocenters. The molecule has 0 saturated carbocycles. The van der Waals surface area contributed by atoms with Gasteiger partial charge in [0, 0.05) is 7.05 Å². The van der Waals surface area contributed by atoms with Crippen molar-refractivity contribution in [1.29, 1.82) is 0 Å². The second-order valence-electron chi connectivity index (χ2n) is 5.79. The molecule has 2 heterocycles. The molecule has 0 aromatic heterocycles. The molecular weight excluding hydrogens is 378 g/mol. The smallest absolute Gasteiger partial charge is 0.275 e. The molecule has 0 radical (unpaired) electrons. The van der Waals surface area contributed by atoms with Crippen LogP contribution in [0.3, 0.4) is 0 Å². The Morgan fingerprint density at radius 3 is 1.70 bits per heavy atom. The molecule has 6 amide bonds. The number of benzene rings is 1. The van der Waals surface area contributed by atoms with Gasteiger partial charge in [0.25, 0.3) is 23.6 Å². The Bertz CT molecular complexity index is 932. The summed E-state index contributed by atoms with van der Waals surface area (Å²) in [4.78, 5) is 62.0. The van der Waals surface area contributed by atoms with Crippen molar-refractivity contribution in [2.75, 3.05) is 7.05 Å². The lowest BCUT2D eigenvalue weighted by atomic mass is 9.89. The summed E-state index contributed by atoms with van der Waals surface area (Å²) in [5.41, 5.74) is -5.55. The van der Waals surface area contributed by atoms with Crippen molar-refractivity contribution in [1.82, 2.24) is 15.1 Å². The Labute approximate surface area is 147 Å². The van der Waals surface area contributed by atoms with Crippen LogP contribution in [0.1, 0.15) is 34.1 Å². The number of imide groups is 3. The summed E-state index contributed by atoms with van der Waals surface area (Å²) in [6, 6.07) is -1.15. The number of hydrogen-bond donors (Lipinski definition) is 1. The van der Waals surface area contributed by atoms with Crippen molar-refractivity contribution in [3.8, 4) is 0 Å². The van der Waals surface area contributed by atoms with Crippen LogP contribution in [0.5, 0.6) is 0 Å². The lowest BCUT2D eigenvalue weighted by molar-refractivity contribution is -0.150. The average molecular weight is 387 g/mol. The standard InChI is InChI=1S/C15H9F4N3O5/c1-3-15(12(25)20-14(27)21(2)13(15)26)22-10(23)4-5(11(22)24)7(17)9(19)8(18)6(4)16/h3H2,1-2H3,(H,20,25,27). The number of urea groups is 1. The molecule has 2 aliphatic rings. The molecule has 1 aromatic carbocycles. The maximum atomic E-state index is 14.0. The SMILES string of the molecule is CCC1(N2C(=O)c3c(F)c(F)c(F)c(F)c3C2=O)C(=O)NC(=O)N(C)C1=O. The molecule has 8 nitrogen and oxygen atoms in total. The van der Waals surface area contributed by atoms with Gasteiger partial charge >= 0.3 is 6.03 Å². The van der Waals surface area contributed by atoms with Crippen molar-refractivity contribution in [2.45, 2.75) is 18.9 Å². The summed E-state index contributed by atoms with van der Waals surface area (Å²) in [5.74, 6) is -15.1. The van der Waals surface area contributed by atoms with Gasteiger partial charge in [-0.25, -0.2) is 27.3 Å². The zero-order valence-corrected chi connectivity index (χ0v) is 13.7. The van der Waals surface area contributed by atoms with Crippen LogP contribution in [0.25, 0.3) is 0 Å². The fourth-order valence-corrected chi connectivity index (χ4v) is 3.11. The monoisotopic (exact) mass is 387 g/mol. The molecular formula is C15H9F4N3O5. The Morgan fingerprint density at radius 2 is 1.30 bits per heavy atom. The summed E-state index contributed by atoms with van der Waals surface area (Å²) < 4.78 is 55.1.